The largest absolute Gasteiger partial charge is 0.348 e. The van der Waals surface area contributed by atoms with Gasteiger partial charge in [-0.05, 0) is 25.0 Å². The minimum atomic E-state index is -0.312. The van der Waals surface area contributed by atoms with Gasteiger partial charge in [-0.15, -0.1) is 17.5 Å². The average molecular weight is 342 g/mol. The van der Waals surface area contributed by atoms with Crippen LogP contribution in [0.25, 0.3) is 5.69 Å². The highest BCUT2D eigenvalue weighted by Gasteiger charge is 2.31. The zero-order valence-electron chi connectivity index (χ0n) is 11.8. The highest BCUT2D eigenvalue weighted by Crippen LogP contribution is 2.40. The Morgan fingerprint density at radius 2 is 2.14 bits per heavy atom. The van der Waals surface area contributed by atoms with Gasteiger partial charge in [0.05, 0.1) is 10.7 Å². The van der Waals surface area contributed by atoms with Crippen LogP contribution >= 0.6 is 24.0 Å². The van der Waals surface area contributed by atoms with Crippen molar-refractivity contribution in [2.45, 2.75) is 18.8 Å². The molecule has 22 heavy (non-hydrogen) atoms. The first-order valence-electron chi connectivity index (χ1n) is 6.91. The number of aromatic nitrogens is 3. The average Bonchev–Trinajstić information content (AvgIpc) is 3.24. The zero-order chi connectivity index (χ0) is 14.8. The third kappa shape index (κ3) is 3.40. The van der Waals surface area contributed by atoms with E-state index in [2.05, 4.69) is 15.4 Å². The van der Waals surface area contributed by atoms with Crippen LogP contribution in [0.5, 0.6) is 0 Å². The van der Waals surface area contributed by atoms with Crippen molar-refractivity contribution in [3.63, 3.8) is 0 Å². The monoisotopic (exact) mass is 341 g/mol. The predicted octanol–water partition coefficient (Wildman–Crippen LogP) is 1.91. The molecule has 1 aromatic heterocycles. The highest BCUT2D eigenvalue weighted by molar-refractivity contribution is 6.32. The molecule has 1 aromatic carbocycles. The SMILES string of the molecule is Cl.NCCNC(=O)c1nc(C2CC2)n(-c2ccccc2Cl)n1. The quantitative estimate of drug-likeness (QED) is 0.869. The lowest BCUT2D eigenvalue weighted by molar-refractivity contribution is 0.0944. The number of nitrogens with two attached hydrogens (primary N) is 1. The lowest BCUT2D eigenvalue weighted by atomic mass is 10.3. The van der Waals surface area contributed by atoms with Gasteiger partial charge in [-0.1, -0.05) is 23.7 Å². The first kappa shape index (κ1) is 16.7. The molecule has 0 aliphatic heterocycles. The van der Waals surface area contributed by atoms with Crippen molar-refractivity contribution in [3.8, 4) is 5.69 Å². The van der Waals surface area contributed by atoms with E-state index in [1.165, 1.54) is 0 Å². The van der Waals surface area contributed by atoms with E-state index in [1.54, 1.807) is 10.7 Å². The third-order valence-corrected chi connectivity index (χ3v) is 3.61. The van der Waals surface area contributed by atoms with Crippen LogP contribution in [0.1, 0.15) is 35.2 Å². The fraction of sp³-hybridized carbons (Fsp3) is 0.357. The van der Waals surface area contributed by atoms with E-state index in [0.29, 0.717) is 24.0 Å². The Labute approximate surface area is 139 Å². The van der Waals surface area contributed by atoms with Gasteiger partial charge in [-0.25, -0.2) is 9.67 Å². The number of benzene rings is 1. The number of carbonyl (C=O) groups is 1. The molecule has 0 bridgehead atoms. The van der Waals surface area contributed by atoms with E-state index in [0.717, 1.165) is 24.4 Å². The van der Waals surface area contributed by atoms with Crippen molar-refractivity contribution in [1.29, 1.82) is 0 Å². The summed E-state index contributed by atoms with van der Waals surface area (Å²) in [5.41, 5.74) is 6.12. The molecule has 3 N–H and O–H groups in total. The van der Waals surface area contributed by atoms with E-state index < -0.39 is 0 Å². The zero-order valence-corrected chi connectivity index (χ0v) is 13.4. The van der Waals surface area contributed by atoms with Gasteiger partial charge in [0.1, 0.15) is 5.82 Å². The molecule has 0 saturated heterocycles. The highest BCUT2D eigenvalue weighted by atomic mass is 35.5. The van der Waals surface area contributed by atoms with Gasteiger partial charge in [0, 0.05) is 19.0 Å². The Morgan fingerprint density at radius 3 is 2.77 bits per heavy atom. The number of rotatable bonds is 5. The Bertz CT molecular complexity index is 669. The van der Waals surface area contributed by atoms with Gasteiger partial charge in [0.25, 0.3) is 5.91 Å². The van der Waals surface area contributed by atoms with Gasteiger partial charge in [-0.3, -0.25) is 4.79 Å². The summed E-state index contributed by atoms with van der Waals surface area (Å²) in [6.07, 6.45) is 2.13. The molecule has 1 aliphatic rings. The summed E-state index contributed by atoms with van der Waals surface area (Å²) in [5.74, 6) is 0.990. The molecule has 0 atom stereocenters. The van der Waals surface area contributed by atoms with E-state index in [4.69, 9.17) is 17.3 Å². The fourth-order valence-electron chi connectivity index (χ4n) is 2.09. The first-order chi connectivity index (χ1) is 10.2. The Balaban J connectivity index is 0.00000176. The van der Waals surface area contributed by atoms with Crippen molar-refractivity contribution >= 4 is 29.9 Å². The second-order valence-electron chi connectivity index (χ2n) is 4.98. The topological polar surface area (TPSA) is 85.8 Å². The summed E-state index contributed by atoms with van der Waals surface area (Å²) < 4.78 is 1.68. The second kappa shape index (κ2) is 7.09. The molecule has 0 unspecified atom stereocenters. The summed E-state index contributed by atoms with van der Waals surface area (Å²) in [6, 6.07) is 7.40. The van der Waals surface area contributed by atoms with Crippen molar-refractivity contribution in [1.82, 2.24) is 20.1 Å². The lowest BCUT2D eigenvalue weighted by Crippen LogP contribution is -2.29. The van der Waals surface area contributed by atoms with Crippen LogP contribution < -0.4 is 11.1 Å². The second-order valence-corrected chi connectivity index (χ2v) is 5.38. The minimum Gasteiger partial charge on any atom is -0.348 e. The van der Waals surface area contributed by atoms with Crippen LogP contribution in [0.3, 0.4) is 0 Å². The molecular weight excluding hydrogens is 325 g/mol. The third-order valence-electron chi connectivity index (χ3n) is 3.29. The molecular formula is C14H17Cl2N5O. The number of amides is 1. The Morgan fingerprint density at radius 1 is 1.41 bits per heavy atom. The molecule has 8 heteroatoms. The van der Waals surface area contributed by atoms with E-state index >= 15 is 0 Å². The molecule has 3 rings (SSSR count). The lowest BCUT2D eigenvalue weighted by Gasteiger charge is -2.06. The fourth-order valence-corrected chi connectivity index (χ4v) is 2.31. The standard InChI is InChI=1S/C14H16ClN5O.ClH/c15-10-3-1-2-4-11(10)20-13(9-5-6-9)18-12(19-20)14(21)17-8-7-16;/h1-4,9H,5-8,16H2,(H,17,21);1H. The molecule has 6 nitrogen and oxygen atoms in total. The van der Waals surface area contributed by atoms with Crippen LogP contribution in [0.2, 0.25) is 5.02 Å². The molecule has 1 saturated carbocycles. The smallest absolute Gasteiger partial charge is 0.291 e. The maximum atomic E-state index is 12.0. The van der Waals surface area contributed by atoms with Crippen LogP contribution in [0, 0.1) is 0 Å². The summed E-state index contributed by atoms with van der Waals surface area (Å²) in [6.45, 7) is 0.782. The van der Waals surface area contributed by atoms with Gasteiger partial charge in [0.15, 0.2) is 0 Å². The molecule has 1 amide bonds. The Hall–Kier alpha value is -1.63. The van der Waals surface area contributed by atoms with Gasteiger partial charge in [-0.2, -0.15) is 0 Å². The summed E-state index contributed by atoms with van der Waals surface area (Å²) in [4.78, 5) is 16.4. The van der Waals surface area contributed by atoms with Crippen LogP contribution in [0.4, 0.5) is 0 Å². The predicted molar refractivity (Wildman–Crippen MR) is 87.0 cm³/mol. The number of nitrogens with one attached hydrogen (secondary N) is 1. The van der Waals surface area contributed by atoms with Crippen molar-refractivity contribution in [2.75, 3.05) is 13.1 Å². The number of para-hydroxylation sites is 1. The number of hydrogen-bond acceptors (Lipinski definition) is 4. The number of nitrogens with zero attached hydrogens (tertiary/aromatic N) is 3. The molecule has 2 aromatic rings. The summed E-state index contributed by atoms with van der Waals surface area (Å²) in [7, 11) is 0. The van der Waals surface area contributed by atoms with E-state index in [1.807, 2.05) is 18.2 Å². The number of halogens is 2. The summed E-state index contributed by atoms with van der Waals surface area (Å²) >= 11 is 6.22. The molecule has 0 radical (unpaired) electrons. The van der Waals surface area contributed by atoms with Crippen molar-refractivity contribution in [3.05, 3.63) is 40.9 Å². The van der Waals surface area contributed by atoms with Crippen LogP contribution in [-0.4, -0.2) is 33.8 Å². The maximum Gasteiger partial charge on any atom is 0.291 e. The normalized spacial score (nSPS) is 13.5. The van der Waals surface area contributed by atoms with Crippen LogP contribution in [0.15, 0.2) is 24.3 Å². The molecule has 1 aliphatic carbocycles. The van der Waals surface area contributed by atoms with Crippen molar-refractivity contribution < 1.29 is 4.79 Å². The molecule has 1 heterocycles. The first-order valence-corrected chi connectivity index (χ1v) is 7.28. The van der Waals surface area contributed by atoms with E-state index in [9.17, 15) is 4.79 Å². The minimum absolute atomic E-state index is 0. The molecule has 0 spiro atoms. The molecule has 1 fully saturated rings. The number of hydrogen-bond donors (Lipinski definition) is 2. The van der Waals surface area contributed by atoms with Gasteiger partial charge >= 0.3 is 0 Å². The Kier molecular flexibility index (Phi) is 5.39. The molecule has 118 valence electrons. The van der Waals surface area contributed by atoms with Crippen molar-refractivity contribution in [2.24, 2.45) is 5.73 Å². The maximum absolute atomic E-state index is 12.0. The number of carbonyl (C=O) groups excluding carboxylic acids is 1. The van der Waals surface area contributed by atoms with Gasteiger partial charge in [0.2, 0.25) is 5.82 Å². The van der Waals surface area contributed by atoms with E-state index in [-0.39, 0.29) is 24.1 Å². The van der Waals surface area contributed by atoms with Crippen LogP contribution in [-0.2, 0) is 0 Å². The summed E-state index contributed by atoms with van der Waals surface area (Å²) in [5, 5.41) is 7.58. The van der Waals surface area contributed by atoms with Gasteiger partial charge < -0.3 is 11.1 Å².